The Labute approximate surface area is 157 Å². The van der Waals surface area contributed by atoms with Gasteiger partial charge in [0.2, 0.25) is 0 Å². The standard InChI is InChI=1S/C21H21N5O/c1-2-13-26-20(5-1)24-25-21(26)19-8-6-15-14-17(7-9-18(15)23-19)27-16-4-3-11-22-12-10-16/h1-2,5-9,13-14,16,22H,3-4,10-12H2. The SMILES string of the molecule is c1ccn2c(-c3ccc4cc(OC5CCCNCC5)ccc4n3)nnc2c1. The predicted octanol–water partition coefficient (Wildman–Crippen LogP) is 3.47. The average Bonchev–Trinajstić information content (AvgIpc) is 2.97. The van der Waals surface area contributed by atoms with Gasteiger partial charge in [-0.1, -0.05) is 12.1 Å². The van der Waals surface area contributed by atoms with Gasteiger partial charge >= 0.3 is 0 Å². The van der Waals surface area contributed by atoms with E-state index in [1.807, 2.05) is 47.0 Å². The normalized spacial score (nSPS) is 17.9. The number of nitrogens with zero attached hydrogens (tertiary/aromatic N) is 4. The fourth-order valence-corrected chi connectivity index (χ4v) is 3.62. The van der Waals surface area contributed by atoms with Crippen LogP contribution in [0.15, 0.2) is 54.7 Å². The lowest BCUT2D eigenvalue weighted by atomic mass is 10.1. The molecule has 4 aromatic rings. The predicted molar refractivity (Wildman–Crippen MR) is 105 cm³/mol. The number of hydrogen-bond acceptors (Lipinski definition) is 5. The van der Waals surface area contributed by atoms with Gasteiger partial charge in [-0.2, -0.15) is 0 Å². The summed E-state index contributed by atoms with van der Waals surface area (Å²) in [5.41, 5.74) is 2.55. The van der Waals surface area contributed by atoms with E-state index >= 15 is 0 Å². The van der Waals surface area contributed by atoms with Crippen LogP contribution in [0, 0.1) is 0 Å². The number of benzene rings is 1. The molecule has 4 heterocycles. The highest BCUT2D eigenvalue weighted by atomic mass is 16.5. The van der Waals surface area contributed by atoms with Gasteiger partial charge in [-0.15, -0.1) is 10.2 Å². The van der Waals surface area contributed by atoms with Crippen molar-refractivity contribution in [2.75, 3.05) is 13.1 Å². The highest BCUT2D eigenvalue weighted by molar-refractivity contribution is 5.82. The zero-order chi connectivity index (χ0) is 18.1. The molecule has 1 aliphatic heterocycles. The van der Waals surface area contributed by atoms with E-state index in [-0.39, 0.29) is 6.10 Å². The first-order valence-electron chi connectivity index (χ1n) is 9.45. The van der Waals surface area contributed by atoms with Gasteiger partial charge in [0.15, 0.2) is 11.5 Å². The van der Waals surface area contributed by atoms with E-state index in [0.717, 1.165) is 66.2 Å². The maximum absolute atomic E-state index is 6.21. The van der Waals surface area contributed by atoms with Crippen molar-refractivity contribution in [1.82, 2.24) is 24.9 Å². The van der Waals surface area contributed by atoms with Crippen molar-refractivity contribution in [3.63, 3.8) is 0 Å². The van der Waals surface area contributed by atoms with Crippen LogP contribution in [-0.2, 0) is 0 Å². The van der Waals surface area contributed by atoms with Crippen LogP contribution in [0.2, 0.25) is 0 Å². The first kappa shape index (κ1) is 16.2. The summed E-state index contributed by atoms with van der Waals surface area (Å²) in [6.07, 6.45) is 5.55. The Morgan fingerprint density at radius 1 is 1.00 bits per heavy atom. The number of rotatable bonds is 3. The highest BCUT2D eigenvalue weighted by Gasteiger charge is 2.14. The molecule has 27 heavy (non-hydrogen) atoms. The van der Waals surface area contributed by atoms with E-state index in [1.165, 1.54) is 0 Å². The van der Waals surface area contributed by atoms with Gasteiger partial charge in [0.05, 0.1) is 11.6 Å². The maximum Gasteiger partial charge on any atom is 0.187 e. The number of nitrogens with one attached hydrogen (secondary N) is 1. The smallest absolute Gasteiger partial charge is 0.187 e. The first-order valence-corrected chi connectivity index (χ1v) is 9.45. The van der Waals surface area contributed by atoms with Crippen LogP contribution in [0.4, 0.5) is 0 Å². The Balaban J connectivity index is 1.44. The van der Waals surface area contributed by atoms with Gasteiger partial charge in [-0.05, 0) is 68.8 Å². The third-order valence-electron chi connectivity index (χ3n) is 5.03. The molecular formula is C21H21N5O. The van der Waals surface area contributed by atoms with Gasteiger partial charge in [0.1, 0.15) is 11.4 Å². The van der Waals surface area contributed by atoms with Crippen molar-refractivity contribution >= 4 is 16.6 Å². The summed E-state index contributed by atoms with van der Waals surface area (Å²) in [7, 11) is 0. The molecule has 1 atom stereocenters. The van der Waals surface area contributed by atoms with Crippen molar-refractivity contribution in [3.8, 4) is 17.3 Å². The minimum Gasteiger partial charge on any atom is -0.490 e. The molecule has 3 aromatic heterocycles. The van der Waals surface area contributed by atoms with Crippen molar-refractivity contribution < 1.29 is 4.74 Å². The molecule has 1 saturated heterocycles. The fraction of sp³-hybridized carbons (Fsp3) is 0.286. The zero-order valence-corrected chi connectivity index (χ0v) is 15.0. The molecule has 0 bridgehead atoms. The molecule has 1 aliphatic rings. The molecule has 0 aliphatic carbocycles. The third kappa shape index (κ3) is 3.24. The van der Waals surface area contributed by atoms with E-state index in [0.29, 0.717) is 0 Å². The summed E-state index contributed by atoms with van der Waals surface area (Å²) in [6, 6.07) is 16.0. The van der Waals surface area contributed by atoms with Gasteiger partial charge in [-0.3, -0.25) is 4.40 Å². The lowest BCUT2D eigenvalue weighted by Crippen LogP contribution is -2.19. The molecule has 0 radical (unpaired) electrons. The molecule has 136 valence electrons. The van der Waals surface area contributed by atoms with E-state index in [2.05, 4.69) is 27.6 Å². The van der Waals surface area contributed by atoms with E-state index < -0.39 is 0 Å². The molecular weight excluding hydrogens is 338 g/mol. The molecule has 0 spiro atoms. The second-order valence-corrected chi connectivity index (χ2v) is 6.92. The second kappa shape index (κ2) is 6.96. The highest BCUT2D eigenvalue weighted by Crippen LogP contribution is 2.25. The Bertz CT molecular complexity index is 1080. The molecule has 6 nitrogen and oxygen atoms in total. The topological polar surface area (TPSA) is 64.3 Å². The molecule has 0 amide bonds. The summed E-state index contributed by atoms with van der Waals surface area (Å²) >= 11 is 0. The molecule has 1 aromatic carbocycles. The fourth-order valence-electron chi connectivity index (χ4n) is 3.62. The van der Waals surface area contributed by atoms with Gasteiger partial charge in [-0.25, -0.2) is 4.98 Å². The number of pyridine rings is 2. The molecule has 1 unspecified atom stereocenters. The minimum atomic E-state index is 0.284. The van der Waals surface area contributed by atoms with Crippen LogP contribution in [0.25, 0.3) is 28.1 Å². The number of hydrogen-bond donors (Lipinski definition) is 1. The minimum absolute atomic E-state index is 0.284. The van der Waals surface area contributed by atoms with Crippen LogP contribution >= 0.6 is 0 Å². The average molecular weight is 359 g/mol. The van der Waals surface area contributed by atoms with Crippen molar-refractivity contribution in [2.45, 2.75) is 25.4 Å². The van der Waals surface area contributed by atoms with Crippen LogP contribution in [0.5, 0.6) is 5.75 Å². The Hall–Kier alpha value is -2.99. The summed E-state index contributed by atoms with van der Waals surface area (Å²) in [6.45, 7) is 2.11. The number of ether oxygens (including phenoxy) is 1. The van der Waals surface area contributed by atoms with Crippen LogP contribution < -0.4 is 10.1 Å². The zero-order valence-electron chi connectivity index (χ0n) is 15.0. The van der Waals surface area contributed by atoms with Gasteiger partial charge in [0, 0.05) is 11.6 Å². The van der Waals surface area contributed by atoms with E-state index in [4.69, 9.17) is 9.72 Å². The largest absolute Gasteiger partial charge is 0.490 e. The van der Waals surface area contributed by atoms with Gasteiger partial charge < -0.3 is 10.1 Å². The third-order valence-corrected chi connectivity index (χ3v) is 5.03. The van der Waals surface area contributed by atoms with Crippen LogP contribution in [0.1, 0.15) is 19.3 Å². The summed E-state index contributed by atoms with van der Waals surface area (Å²) in [4.78, 5) is 4.78. The summed E-state index contributed by atoms with van der Waals surface area (Å²) < 4.78 is 8.16. The maximum atomic E-state index is 6.21. The summed E-state index contributed by atoms with van der Waals surface area (Å²) in [5.74, 6) is 1.66. The lowest BCUT2D eigenvalue weighted by molar-refractivity contribution is 0.188. The van der Waals surface area contributed by atoms with Crippen molar-refractivity contribution in [3.05, 3.63) is 54.7 Å². The second-order valence-electron chi connectivity index (χ2n) is 6.92. The van der Waals surface area contributed by atoms with Crippen molar-refractivity contribution in [1.29, 1.82) is 0 Å². The van der Waals surface area contributed by atoms with Crippen molar-refractivity contribution in [2.24, 2.45) is 0 Å². The van der Waals surface area contributed by atoms with E-state index in [9.17, 15) is 0 Å². The lowest BCUT2D eigenvalue weighted by Gasteiger charge is -2.17. The molecule has 1 N–H and O–H groups in total. The Morgan fingerprint density at radius 2 is 2.00 bits per heavy atom. The number of fused-ring (bicyclic) bond motifs is 2. The van der Waals surface area contributed by atoms with Crippen LogP contribution in [0.3, 0.4) is 0 Å². The Morgan fingerprint density at radius 3 is 3.00 bits per heavy atom. The van der Waals surface area contributed by atoms with Gasteiger partial charge in [0.25, 0.3) is 0 Å². The number of aromatic nitrogens is 4. The molecule has 0 saturated carbocycles. The molecule has 6 heteroatoms. The van der Waals surface area contributed by atoms with Crippen LogP contribution in [-0.4, -0.2) is 38.8 Å². The quantitative estimate of drug-likeness (QED) is 0.607. The molecule has 1 fully saturated rings. The molecule has 5 rings (SSSR count). The summed E-state index contributed by atoms with van der Waals surface area (Å²) in [5, 5.41) is 13.0. The monoisotopic (exact) mass is 359 g/mol. The Kier molecular flexibility index (Phi) is 4.18. The first-order chi connectivity index (χ1) is 13.4. The van der Waals surface area contributed by atoms with E-state index in [1.54, 1.807) is 0 Å².